The van der Waals surface area contributed by atoms with E-state index < -0.39 is 0 Å². The lowest BCUT2D eigenvalue weighted by atomic mass is 10.1. The predicted molar refractivity (Wildman–Crippen MR) is 85.5 cm³/mol. The zero-order chi connectivity index (χ0) is 15.9. The van der Waals surface area contributed by atoms with E-state index in [0.717, 1.165) is 17.5 Å². The van der Waals surface area contributed by atoms with Crippen molar-refractivity contribution in [2.45, 2.75) is 39.7 Å². The van der Waals surface area contributed by atoms with E-state index in [-0.39, 0.29) is 11.7 Å². The Kier molecular flexibility index (Phi) is 5.53. The van der Waals surface area contributed by atoms with Gasteiger partial charge >= 0.3 is 0 Å². The maximum atomic E-state index is 11.9. The Morgan fingerprint density at radius 2 is 1.86 bits per heavy atom. The Hall–Kier alpha value is -2.36. The fourth-order valence-corrected chi connectivity index (χ4v) is 2.22. The second-order valence-electron chi connectivity index (χ2n) is 5.12. The van der Waals surface area contributed by atoms with Gasteiger partial charge in [0.05, 0.1) is 0 Å². The van der Waals surface area contributed by atoms with Crippen LogP contribution in [0.5, 0.6) is 0 Å². The summed E-state index contributed by atoms with van der Waals surface area (Å²) >= 11 is 0. The largest absolute Gasteiger partial charge is 0.453 e. The molecular weight excluding hydrogens is 278 g/mol. The number of ketones is 1. The quantitative estimate of drug-likeness (QED) is 0.787. The van der Waals surface area contributed by atoms with E-state index in [2.05, 4.69) is 5.32 Å². The van der Waals surface area contributed by atoms with Gasteiger partial charge in [0.15, 0.2) is 11.5 Å². The van der Waals surface area contributed by atoms with E-state index >= 15 is 0 Å². The first kappa shape index (κ1) is 16.0. The molecule has 0 unspecified atom stereocenters. The lowest BCUT2D eigenvalue weighted by molar-refractivity contribution is -0.120. The zero-order valence-corrected chi connectivity index (χ0v) is 13.0. The molecule has 2 rings (SSSR count). The summed E-state index contributed by atoms with van der Waals surface area (Å²) in [7, 11) is 0. The molecule has 0 spiro atoms. The van der Waals surface area contributed by atoms with Crippen molar-refractivity contribution in [3.8, 4) is 11.3 Å². The van der Waals surface area contributed by atoms with Crippen molar-refractivity contribution in [3.63, 3.8) is 0 Å². The molecular formula is C18H21NO3. The summed E-state index contributed by atoms with van der Waals surface area (Å²) in [5.41, 5.74) is 1.86. The Morgan fingerprint density at radius 3 is 2.59 bits per heavy atom. The molecule has 0 radical (unpaired) electrons. The molecule has 0 fully saturated rings. The number of benzene rings is 1. The fourth-order valence-electron chi connectivity index (χ4n) is 2.22. The van der Waals surface area contributed by atoms with Gasteiger partial charge in [-0.3, -0.25) is 9.59 Å². The third kappa shape index (κ3) is 3.85. The van der Waals surface area contributed by atoms with E-state index in [1.165, 1.54) is 0 Å². The smallest absolute Gasteiger partial charge is 0.219 e. The first-order valence-corrected chi connectivity index (χ1v) is 7.63. The number of furan rings is 1. The van der Waals surface area contributed by atoms with Crippen LogP contribution in [0.3, 0.4) is 0 Å². The molecule has 0 saturated carbocycles. The van der Waals surface area contributed by atoms with Crippen molar-refractivity contribution in [2.24, 2.45) is 0 Å². The van der Waals surface area contributed by atoms with Gasteiger partial charge in [0, 0.05) is 24.9 Å². The summed E-state index contributed by atoms with van der Waals surface area (Å²) < 4.78 is 5.70. The van der Waals surface area contributed by atoms with E-state index in [1.54, 1.807) is 6.07 Å². The minimum atomic E-state index is 0.00746. The van der Waals surface area contributed by atoms with Gasteiger partial charge in [-0.25, -0.2) is 0 Å². The summed E-state index contributed by atoms with van der Waals surface area (Å²) in [5, 5.41) is 2.86. The topological polar surface area (TPSA) is 59.3 Å². The molecule has 0 aliphatic heterocycles. The highest BCUT2D eigenvalue weighted by molar-refractivity contribution is 5.94. The van der Waals surface area contributed by atoms with Gasteiger partial charge in [-0.1, -0.05) is 38.1 Å². The van der Waals surface area contributed by atoms with Crippen LogP contribution < -0.4 is 5.32 Å². The normalized spacial score (nSPS) is 10.5. The fraction of sp³-hybridized carbons (Fsp3) is 0.333. The third-order valence-corrected chi connectivity index (χ3v) is 3.44. The van der Waals surface area contributed by atoms with Gasteiger partial charge < -0.3 is 9.73 Å². The Labute approximate surface area is 130 Å². The molecule has 1 aromatic heterocycles. The second kappa shape index (κ2) is 7.59. The Morgan fingerprint density at radius 1 is 1.09 bits per heavy atom. The number of Topliss-reactive ketones (excluding diaryl/α,β-unsaturated/α-hetero) is 1. The summed E-state index contributed by atoms with van der Waals surface area (Å²) in [6, 6.07) is 11.2. The minimum Gasteiger partial charge on any atom is -0.453 e. The average molecular weight is 299 g/mol. The van der Waals surface area contributed by atoms with Crippen molar-refractivity contribution < 1.29 is 14.0 Å². The molecule has 0 saturated heterocycles. The molecule has 0 bridgehead atoms. The molecule has 1 N–H and O–H groups in total. The first-order valence-electron chi connectivity index (χ1n) is 7.63. The Balaban J connectivity index is 2.22. The number of rotatable bonds is 7. The monoisotopic (exact) mass is 299 g/mol. The van der Waals surface area contributed by atoms with Crippen LogP contribution in [-0.2, 0) is 11.3 Å². The second-order valence-corrected chi connectivity index (χ2v) is 5.12. The lowest BCUT2D eigenvalue weighted by Gasteiger charge is -2.08. The van der Waals surface area contributed by atoms with Crippen LogP contribution in [-0.4, -0.2) is 11.7 Å². The van der Waals surface area contributed by atoms with Crippen molar-refractivity contribution in [2.75, 3.05) is 0 Å². The van der Waals surface area contributed by atoms with Crippen molar-refractivity contribution >= 4 is 11.7 Å². The molecule has 4 nitrogen and oxygen atoms in total. The highest BCUT2D eigenvalue weighted by atomic mass is 16.3. The maximum absolute atomic E-state index is 11.9. The maximum Gasteiger partial charge on any atom is 0.219 e. The highest BCUT2D eigenvalue weighted by Crippen LogP contribution is 2.26. The van der Waals surface area contributed by atoms with Gasteiger partial charge in [-0.05, 0) is 24.1 Å². The van der Waals surface area contributed by atoms with Gasteiger partial charge in [-0.15, -0.1) is 0 Å². The minimum absolute atomic E-state index is 0.00746. The van der Waals surface area contributed by atoms with Crippen LogP contribution in [0.15, 0.2) is 40.8 Å². The molecule has 1 aromatic carbocycles. The van der Waals surface area contributed by atoms with Crippen molar-refractivity contribution in [1.82, 2.24) is 5.32 Å². The predicted octanol–water partition coefficient (Wildman–Crippen LogP) is 3.96. The molecule has 0 aliphatic rings. The molecule has 4 heteroatoms. The molecule has 116 valence electrons. The van der Waals surface area contributed by atoms with Crippen LogP contribution in [0.2, 0.25) is 0 Å². The van der Waals surface area contributed by atoms with Crippen LogP contribution in [0, 0.1) is 0 Å². The number of nitrogens with one attached hydrogen (secondary N) is 1. The molecule has 2 aromatic rings. The summed E-state index contributed by atoms with van der Waals surface area (Å²) in [5.74, 6) is 1.07. The molecule has 22 heavy (non-hydrogen) atoms. The van der Waals surface area contributed by atoms with E-state index in [0.29, 0.717) is 30.9 Å². The summed E-state index contributed by atoms with van der Waals surface area (Å²) in [4.78, 5) is 23.3. The lowest BCUT2D eigenvalue weighted by Crippen LogP contribution is -2.21. The molecule has 1 amide bonds. The van der Waals surface area contributed by atoms with Gasteiger partial charge in [0.1, 0.15) is 5.76 Å². The van der Waals surface area contributed by atoms with E-state index in [9.17, 15) is 9.59 Å². The van der Waals surface area contributed by atoms with Crippen LogP contribution in [0.1, 0.15) is 49.2 Å². The number of hydrogen-bond acceptors (Lipinski definition) is 3. The third-order valence-electron chi connectivity index (χ3n) is 3.44. The Bertz CT molecular complexity index is 658. The van der Waals surface area contributed by atoms with Gasteiger partial charge in [0.2, 0.25) is 5.91 Å². The average Bonchev–Trinajstić information content (AvgIpc) is 3.03. The molecule has 0 atom stereocenters. The van der Waals surface area contributed by atoms with E-state index in [4.69, 9.17) is 4.42 Å². The standard InChI is InChI=1S/C18H21NO3/c1-3-7-15(20)17-11-10-16(22-17)14-9-6-5-8-13(14)12-19-18(21)4-2/h5-6,8-11H,3-4,7,12H2,1-2H3,(H,19,21). The number of carbonyl (C=O) groups is 2. The zero-order valence-electron chi connectivity index (χ0n) is 13.0. The molecule has 1 heterocycles. The number of carbonyl (C=O) groups excluding carboxylic acids is 2. The van der Waals surface area contributed by atoms with Gasteiger partial charge in [-0.2, -0.15) is 0 Å². The van der Waals surface area contributed by atoms with Crippen LogP contribution >= 0.6 is 0 Å². The highest BCUT2D eigenvalue weighted by Gasteiger charge is 2.13. The first-order chi connectivity index (χ1) is 10.7. The van der Waals surface area contributed by atoms with Crippen LogP contribution in [0.25, 0.3) is 11.3 Å². The number of hydrogen-bond donors (Lipinski definition) is 1. The summed E-state index contributed by atoms with van der Waals surface area (Å²) in [6.45, 7) is 4.23. The van der Waals surface area contributed by atoms with Crippen LogP contribution in [0.4, 0.5) is 0 Å². The summed E-state index contributed by atoms with van der Waals surface area (Å²) in [6.07, 6.45) is 1.74. The van der Waals surface area contributed by atoms with Gasteiger partial charge in [0.25, 0.3) is 0 Å². The number of amides is 1. The van der Waals surface area contributed by atoms with Crippen molar-refractivity contribution in [3.05, 3.63) is 47.7 Å². The molecule has 0 aliphatic carbocycles. The SMILES string of the molecule is CCCC(=O)c1ccc(-c2ccccc2CNC(=O)CC)o1. The van der Waals surface area contributed by atoms with Crippen molar-refractivity contribution in [1.29, 1.82) is 0 Å². The van der Waals surface area contributed by atoms with E-state index in [1.807, 2.05) is 44.2 Å².